The molecule has 2 fully saturated rings. The molecule has 0 aromatic carbocycles. The Kier molecular flexibility index (Phi) is 3.97. The van der Waals surface area contributed by atoms with Crippen molar-refractivity contribution in [3.63, 3.8) is 0 Å². The summed E-state index contributed by atoms with van der Waals surface area (Å²) in [4.78, 5) is 11.3. The van der Waals surface area contributed by atoms with Gasteiger partial charge in [0.05, 0.1) is 11.7 Å². The van der Waals surface area contributed by atoms with E-state index in [0.29, 0.717) is 12.0 Å². The highest BCUT2D eigenvalue weighted by molar-refractivity contribution is 5.66. The number of fused-ring (bicyclic) bond motifs is 1. The van der Waals surface area contributed by atoms with Gasteiger partial charge < -0.3 is 9.47 Å². The van der Waals surface area contributed by atoms with Crippen LogP contribution in [0.3, 0.4) is 0 Å². The average molecular weight is 268 g/mol. The van der Waals surface area contributed by atoms with Crippen LogP contribution in [-0.4, -0.2) is 23.8 Å². The van der Waals surface area contributed by atoms with Gasteiger partial charge in [-0.25, -0.2) is 0 Å². The summed E-state index contributed by atoms with van der Waals surface area (Å²) in [5.41, 5.74) is 0.0720. The SMILES string of the molecule is CC(=O)O[C@H]1CCC[C@]2(C)[C@@H](OC(C)(C)C)CC[C@@H]12. The van der Waals surface area contributed by atoms with Gasteiger partial charge in [-0.05, 0) is 52.9 Å². The van der Waals surface area contributed by atoms with Gasteiger partial charge in [0.1, 0.15) is 6.10 Å². The van der Waals surface area contributed by atoms with E-state index < -0.39 is 0 Å². The first-order valence-corrected chi connectivity index (χ1v) is 7.57. The second kappa shape index (κ2) is 5.08. The maximum atomic E-state index is 11.3. The molecule has 0 spiro atoms. The third-order valence-corrected chi connectivity index (χ3v) is 4.79. The van der Waals surface area contributed by atoms with E-state index in [1.165, 1.54) is 13.3 Å². The van der Waals surface area contributed by atoms with Crippen molar-refractivity contribution in [3.05, 3.63) is 0 Å². The van der Waals surface area contributed by atoms with Gasteiger partial charge in [0, 0.05) is 18.3 Å². The molecule has 2 aliphatic rings. The highest BCUT2D eigenvalue weighted by Gasteiger charge is 2.53. The Morgan fingerprint density at radius 2 is 1.89 bits per heavy atom. The zero-order chi connectivity index (χ0) is 14.3. The molecule has 19 heavy (non-hydrogen) atoms. The van der Waals surface area contributed by atoms with Crippen LogP contribution in [-0.2, 0) is 14.3 Å². The van der Waals surface area contributed by atoms with Crippen molar-refractivity contribution in [2.24, 2.45) is 11.3 Å². The molecule has 2 aliphatic carbocycles. The van der Waals surface area contributed by atoms with E-state index in [9.17, 15) is 4.79 Å². The number of carbonyl (C=O) groups is 1. The third kappa shape index (κ3) is 3.13. The van der Waals surface area contributed by atoms with Crippen molar-refractivity contribution >= 4 is 5.97 Å². The van der Waals surface area contributed by atoms with E-state index in [-0.39, 0.29) is 23.1 Å². The molecule has 0 aromatic rings. The van der Waals surface area contributed by atoms with Crippen LogP contribution < -0.4 is 0 Å². The number of carbonyl (C=O) groups excluding carboxylic acids is 1. The van der Waals surface area contributed by atoms with Crippen molar-refractivity contribution in [1.29, 1.82) is 0 Å². The van der Waals surface area contributed by atoms with Crippen LogP contribution in [0.1, 0.15) is 66.7 Å². The minimum Gasteiger partial charge on any atom is -0.462 e. The Morgan fingerprint density at radius 1 is 1.21 bits per heavy atom. The molecule has 0 bridgehead atoms. The Bertz CT molecular complexity index is 344. The molecule has 0 aliphatic heterocycles. The molecule has 2 rings (SSSR count). The number of hydrogen-bond donors (Lipinski definition) is 0. The van der Waals surface area contributed by atoms with E-state index in [1.54, 1.807) is 0 Å². The molecule has 0 amide bonds. The van der Waals surface area contributed by atoms with Crippen LogP contribution in [0.2, 0.25) is 0 Å². The van der Waals surface area contributed by atoms with Crippen LogP contribution in [0, 0.1) is 11.3 Å². The molecule has 3 nitrogen and oxygen atoms in total. The fourth-order valence-corrected chi connectivity index (χ4v) is 4.05. The van der Waals surface area contributed by atoms with Crippen LogP contribution in [0.4, 0.5) is 0 Å². The maximum Gasteiger partial charge on any atom is 0.302 e. The summed E-state index contributed by atoms with van der Waals surface area (Å²) in [5.74, 6) is 0.326. The summed E-state index contributed by atoms with van der Waals surface area (Å²) in [6.07, 6.45) is 5.96. The smallest absolute Gasteiger partial charge is 0.302 e. The minimum atomic E-state index is -0.144. The molecule has 0 aromatic heterocycles. The summed E-state index contributed by atoms with van der Waals surface area (Å²) >= 11 is 0. The van der Waals surface area contributed by atoms with Crippen LogP contribution in [0.25, 0.3) is 0 Å². The highest BCUT2D eigenvalue weighted by Crippen LogP contribution is 2.54. The Balaban J connectivity index is 2.12. The van der Waals surface area contributed by atoms with Crippen LogP contribution >= 0.6 is 0 Å². The summed E-state index contributed by atoms with van der Waals surface area (Å²) in [6.45, 7) is 10.2. The molecule has 4 atom stereocenters. The monoisotopic (exact) mass is 268 g/mol. The van der Waals surface area contributed by atoms with Gasteiger partial charge in [-0.2, -0.15) is 0 Å². The van der Waals surface area contributed by atoms with Gasteiger partial charge in [0.2, 0.25) is 0 Å². The minimum absolute atomic E-state index is 0.100. The molecule has 0 heterocycles. The molecular weight excluding hydrogens is 240 g/mol. The predicted octanol–water partition coefficient (Wildman–Crippen LogP) is 3.70. The van der Waals surface area contributed by atoms with Gasteiger partial charge >= 0.3 is 5.97 Å². The van der Waals surface area contributed by atoms with E-state index >= 15 is 0 Å². The lowest BCUT2D eigenvalue weighted by Gasteiger charge is -2.45. The van der Waals surface area contributed by atoms with Crippen LogP contribution in [0.5, 0.6) is 0 Å². The van der Waals surface area contributed by atoms with E-state index in [4.69, 9.17) is 9.47 Å². The molecule has 0 saturated heterocycles. The normalized spacial score (nSPS) is 38.9. The first-order chi connectivity index (χ1) is 8.72. The number of rotatable bonds is 2. The molecule has 0 N–H and O–H groups in total. The quantitative estimate of drug-likeness (QED) is 0.716. The third-order valence-electron chi connectivity index (χ3n) is 4.79. The zero-order valence-corrected chi connectivity index (χ0v) is 13.0. The first kappa shape index (κ1) is 14.8. The van der Waals surface area contributed by atoms with Gasteiger partial charge in [0.25, 0.3) is 0 Å². The van der Waals surface area contributed by atoms with Gasteiger partial charge in [-0.3, -0.25) is 4.79 Å². The maximum absolute atomic E-state index is 11.3. The Labute approximate surface area is 117 Å². The molecule has 2 saturated carbocycles. The van der Waals surface area contributed by atoms with E-state index in [2.05, 4.69) is 27.7 Å². The first-order valence-electron chi connectivity index (χ1n) is 7.57. The van der Waals surface area contributed by atoms with Crippen LogP contribution in [0.15, 0.2) is 0 Å². The molecule has 3 heteroatoms. The Hall–Kier alpha value is -0.570. The lowest BCUT2D eigenvalue weighted by atomic mass is 9.67. The predicted molar refractivity (Wildman–Crippen MR) is 74.9 cm³/mol. The molecule has 0 radical (unpaired) electrons. The van der Waals surface area contributed by atoms with Gasteiger partial charge in [-0.1, -0.05) is 6.92 Å². The lowest BCUT2D eigenvalue weighted by molar-refractivity contribution is -0.163. The standard InChI is InChI=1S/C16H28O3/c1-11(17)18-13-7-6-10-16(5)12(13)8-9-14(16)19-15(2,3)4/h12-14H,6-10H2,1-5H3/t12-,13-,14-,16-/m0/s1. The topological polar surface area (TPSA) is 35.5 Å². The molecule has 0 unspecified atom stereocenters. The lowest BCUT2D eigenvalue weighted by Crippen LogP contribution is -2.46. The summed E-state index contributed by atoms with van der Waals surface area (Å²) in [6, 6.07) is 0. The fraction of sp³-hybridized carbons (Fsp3) is 0.938. The Morgan fingerprint density at radius 3 is 2.47 bits per heavy atom. The van der Waals surface area contributed by atoms with Crippen molar-refractivity contribution in [1.82, 2.24) is 0 Å². The largest absolute Gasteiger partial charge is 0.462 e. The molecular formula is C16H28O3. The number of ether oxygens (including phenoxy) is 2. The molecule has 110 valence electrons. The van der Waals surface area contributed by atoms with Gasteiger partial charge in [-0.15, -0.1) is 0 Å². The highest BCUT2D eigenvalue weighted by atomic mass is 16.5. The van der Waals surface area contributed by atoms with Crippen molar-refractivity contribution in [3.8, 4) is 0 Å². The van der Waals surface area contributed by atoms with Crippen molar-refractivity contribution in [2.75, 3.05) is 0 Å². The summed E-state index contributed by atoms with van der Waals surface area (Å²) in [5, 5.41) is 0. The average Bonchev–Trinajstić information content (AvgIpc) is 2.54. The summed E-state index contributed by atoms with van der Waals surface area (Å²) in [7, 11) is 0. The summed E-state index contributed by atoms with van der Waals surface area (Å²) < 4.78 is 11.8. The zero-order valence-electron chi connectivity index (χ0n) is 13.0. The van der Waals surface area contributed by atoms with Gasteiger partial charge in [0.15, 0.2) is 0 Å². The van der Waals surface area contributed by atoms with Crippen molar-refractivity contribution < 1.29 is 14.3 Å². The second-order valence-electron chi connectivity index (χ2n) is 7.45. The van der Waals surface area contributed by atoms with Crippen molar-refractivity contribution in [2.45, 2.75) is 84.5 Å². The fourth-order valence-electron chi connectivity index (χ4n) is 4.05. The second-order valence-corrected chi connectivity index (χ2v) is 7.45. The number of hydrogen-bond acceptors (Lipinski definition) is 3. The number of esters is 1. The van der Waals surface area contributed by atoms with E-state index in [0.717, 1.165) is 25.7 Å². The van der Waals surface area contributed by atoms with E-state index in [1.807, 2.05) is 0 Å².